The summed E-state index contributed by atoms with van der Waals surface area (Å²) in [7, 11) is -3.27. The van der Waals surface area contributed by atoms with Crippen LogP contribution in [0.2, 0.25) is 0 Å². The van der Waals surface area contributed by atoms with Gasteiger partial charge in [0.1, 0.15) is 0 Å². The van der Waals surface area contributed by atoms with Gasteiger partial charge in [-0.3, -0.25) is 0 Å². The lowest BCUT2D eigenvalue weighted by molar-refractivity contribution is 0.506. The van der Waals surface area contributed by atoms with E-state index in [0.29, 0.717) is 12.5 Å². The Morgan fingerprint density at radius 2 is 2.29 bits per heavy atom. The fourth-order valence-corrected chi connectivity index (χ4v) is 3.13. The van der Waals surface area contributed by atoms with E-state index in [0.717, 1.165) is 12.3 Å². The van der Waals surface area contributed by atoms with E-state index in [1.807, 2.05) is 11.8 Å². The van der Waals surface area contributed by atoms with Crippen molar-refractivity contribution in [3.05, 3.63) is 0 Å². The summed E-state index contributed by atoms with van der Waals surface area (Å²) in [6, 6.07) is 0.564. The average molecular weight is 238 g/mol. The number of nitrogens with two attached hydrogens (primary N) is 1. The molecule has 0 spiro atoms. The molecule has 0 bridgehead atoms. The molecule has 0 amide bonds. The highest BCUT2D eigenvalue weighted by Gasteiger charge is 2.12. The number of rotatable bonds is 5. The molecular formula is C8H18N2O2S2. The summed E-state index contributed by atoms with van der Waals surface area (Å²) in [5.41, 5.74) is 0. The fraction of sp³-hybridized carbons (Fsp3) is 1.00. The Morgan fingerprint density at radius 3 is 2.86 bits per heavy atom. The van der Waals surface area contributed by atoms with Gasteiger partial charge < -0.3 is 5.32 Å². The van der Waals surface area contributed by atoms with Crippen LogP contribution >= 0.6 is 11.8 Å². The topological polar surface area (TPSA) is 72.2 Å². The first-order valence-electron chi connectivity index (χ1n) is 4.89. The van der Waals surface area contributed by atoms with Crippen molar-refractivity contribution in [2.45, 2.75) is 25.3 Å². The smallest absolute Gasteiger partial charge is 0.209 e. The zero-order valence-electron chi connectivity index (χ0n) is 8.24. The molecule has 4 nitrogen and oxygen atoms in total. The van der Waals surface area contributed by atoms with Gasteiger partial charge in [0.2, 0.25) is 10.0 Å². The van der Waals surface area contributed by atoms with E-state index in [4.69, 9.17) is 5.14 Å². The van der Waals surface area contributed by atoms with Crippen molar-refractivity contribution in [2.24, 2.45) is 5.14 Å². The van der Waals surface area contributed by atoms with Crippen molar-refractivity contribution in [1.29, 1.82) is 0 Å². The Labute approximate surface area is 90.1 Å². The van der Waals surface area contributed by atoms with Crippen LogP contribution in [0.4, 0.5) is 0 Å². The summed E-state index contributed by atoms with van der Waals surface area (Å²) >= 11 is 1.96. The molecule has 1 fully saturated rings. The van der Waals surface area contributed by atoms with Crippen LogP contribution in [0.15, 0.2) is 0 Å². The van der Waals surface area contributed by atoms with E-state index >= 15 is 0 Å². The largest absolute Gasteiger partial charge is 0.313 e. The van der Waals surface area contributed by atoms with Gasteiger partial charge in [0, 0.05) is 11.8 Å². The van der Waals surface area contributed by atoms with Crippen LogP contribution in [0.3, 0.4) is 0 Å². The quantitative estimate of drug-likeness (QED) is 0.669. The summed E-state index contributed by atoms with van der Waals surface area (Å²) in [6.07, 6.45) is 3.08. The number of hydrogen-bond acceptors (Lipinski definition) is 4. The van der Waals surface area contributed by atoms with Crippen LogP contribution in [0.1, 0.15) is 19.3 Å². The van der Waals surface area contributed by atoms with E-state index in [2.05, 4.69) is 5.32 Å². The second-order valence-corrected chi connectivity index (χ2v) is 6.47. The first-order chi connectivity index (χ1) is 6.58. The minimum atomic E-state index is -3.27. The molecule has 14 heavy (non-hydrogen) atoms. The predicted molar refractivity (Wildman–Crippen MR) is 60.9 cm³/mol. The number of thioether (sulfide) groups is 1. The minimum Gasteiger partial charge on any atom is -0.313 e. The highest BCUT2D eigenvalue weighted by Crippen LogP contribution is 2.16. The molecule has 0 radical (unpaired) electrons. The van der Waals surface area contributed by atoms with Crippen molar-refractivity contribution >= 4 is 21.8 Å². The monoisotopic (exact) mass is 238 g/mol. The first-order valence-corrected chi connectivity index (χ1v) is 7.76. The summed E-state index contributed by atoms with van der Waals surface area (Å²) in [5, 5.41) is 8.25. The van der Waals surface area contributed by atoms with Crippen molar-refractivity contribution in [2.75, 3.05) is 23.8 Å². The van der Waals surface area contributed by atoms with E-state index in [9.17, 15) is 8.42 Å². The predicted octanol–water partition coefficient (Wildman–Crippen LogP) is 0.150. The minimum absolute atomic E-state index is 0.0832. The average Bonchev–Trinajstić information content (AvgIpc) is 2.13. The molecule has 0 aromatic heterocycles. The highest BCUT2D eigenvalue weighted by molar-refractivity contribution is 7.99. The molecule has 1 rings (SSSR count). The van der Waals surface area contributed by atoms with Gasteiger partial charge in [-0.1, -0.05) is 0 Å². The van der Waals surface area contributed by atoms with Gasteiger partial charge in [0.15, 0.2) is 0 Å². The molecule has 0 aliphatic carbocycles. The lowest BCUT2D eigenvalue weighted by Gasteiger charge is -2.22. The maximum Gasteiger partial charge on any atom is 0.209 e. The molecule has 1 unspecified atom stereocenters. The first kappa shape index (κ1) is 12.3. The maximum atomic E-state index is 10.6. The van der Waals surface area contributed by atoms with Gasteiger partial charge in [0.05, 0.1) is 5.75 Å². The van der Waals surface area contributed by atoms with Gasteiger partial charge in [-0.15, -0.1) is 0 Å². The van der Waals surface area contributed by atoms with E-state index in [1.165, 1.54) is 18.6 Å². The Bertz CT molecular complexity index is 248. The van der Waals surface area contributed by atoms with E-state index in [1.54, 1.807) is 0 Å². The molecule has 1 aliphatic heterocycles. The molecule has 1 saturated heterocycles. The Kier molecular flexibility index (Phi) is 5.22. The van der Waals surface area contributed by atoms with Crippen LogP contribution < -0.4 is 10.5 Å². The van der Waals surface area contributed by atoms with Gasteiger partial charge in [-0.2, -0.15) is 11.8 Å². The molecule has 0 aromatic carbocycles. The zero-order valence-corrected chi connectivity index (χ0v) is 9.87. The highest BCUT2D eigenvalue weighted by atomic mass is 32.2. The van der Waals surface area contributed by atoms with E-state index < -0.39 is 10.0 Å². The number of hydrogen-bond donors (Lipinski definition) is 2. The van der Waals surface area contributed by atoms with Crippen LogP contribution in [0.25, 0.3) is 0 Å². The molecule has 3 N–H and O–H groups in total. The summed E-state index contributed by atoms with van der Waals surface area (Å²) in [6.45, 7) is 0.752. The van der Waals surface area contributed by atoms with Crippen molar-refractivity contribution in [3.8, 4) is 0 Å². The molecule has 84 valence electrons. The third-order valence-corrected chi connectivity index (χ3v) is 4.27. The molecule has 0 saturated carbocycles. The summed E-state index contributed by atoms with van der Waals surface area (Å²) < 4.78 is 21.3. The fourth-order valence-electron chi connectivity index (χ4n) is 1.48. The third kappa shape index (κ3) is 5.85. The Balaban J connectivity index is 2.03. The number of primary sulfonamides is 1. The molecule has 1 atom stereocenters. The number of nitrogens with one attached hydrogen (secondary N) is 1. The standard InChI is InChI=1S/C8H18N2O2S2/c9-14(11,12)6-2-4-10-8-3-1-5-13-7-8/h8,10H,1-7H2,(H2,9,11,12). The van der Waals surface area contributed by atoms with Gasteiger partial charge in [-0.05, 0) is 31.6 Å². The van der Waals surface area contributed by atoms with Crippen LogP contribution in [0, 0.1) is 0 Å². The van der Waals surface area contributed by atoms with Crippen LogP contribution in [0.5, 0.6) is 0 Å². The molecule has 6 heteroatoms. The maximum absolute atomic E-state index is 10.6. The second-order valence-electron chi connectivity index (χ2n) is 3.59. The van der Waals surface area contributed by atoms with Crippen molar-refractivity contribution in [3.63, 3.8) is 0 Å². The van der Waals surface area contributed by atoms with Crippen LogP contribution in [-0.4, -0.2) is 38.3 Å². The number of sulfonamides is 1. The Morgan fingerprint density at radius 1 is 1.50 bits per heavy atom. The van der Waals surface area contributed by atoms with Crippen LogP contribution in [-0.2, 0) is 10.0 Å². The lowest BCUT2D eigenvalue weighted by atomic mass is 10.2. The summed E-state index contributed by atoms with van der Waals surface area (Å²) in [5.74, 6) is 2.49. The molecular weight excluding hydrogens is 220 g/mol. The van der Waals surface area contributed by atoms with Crippen molar-refractivity contribution < 1.29 is 8.42 Å². The normalized spacial score (nSPS) is 23.6. The van der Waals surface area contributed by atoms with Gasteiger partial charge >= 0.3 is 0 Å². The van der Waals surface area contributed by atoms with Gasteiger partial charge in [-0.25, -0.2) is 13.6 Å². The third-order valence-electron chi connectivity index (χ3n) is 2.20. The second kappa shape index (κ2) is 5.95. The van der Waals surface area contributed by atoms with Crippen molar-refractivity contribution in [1.82, 2.24) is 5.32 Å². The Hall–Kier alpha value is 0.220. The molecule has 1 heterocycles. The van der Waals surface area contributed by atoms with Gasteiger partial charge in [0.25, 0.3) is 0 Å². The molecule has 0 aromatic rings. The lowest BCUT2D eigenvalue weighted by Crippen LogP contribution is -2.35. The summed E-state index contributed by atoms with van der Waals surface area (Å²) in [4.78, 5) is 0. The molecule has 1 aliphatic rings. The van der Waals surface area contributed by atoms with E-state index in [-0.39, 0.29) is 5.75 Å². The zero-order chi connectivity index (χ0) is 10.4. The SMILES string of the molecule is NS(=O)(=O)CCCNC1CCCSC1.